The van der Waals surface area contributed by atoms with Gasteiger partial charge in [0.05, 0.1) is 17.6 Å². The normalized spacial score (nSPS) is 22.6. The van der Waals surface area contributed by atoms with E-state index in [0.29, 0.717) is 66.6 Å². The molecule has 3 atom stereocenters. The molecule has 2 saturated heterocycles. The van der Waals surface area contributed by atoms with E-state index in [2.05, 4.69) is 65.4 Å². The Labute approximate surface area is 295 Å². The van der Waals surface area contributed by atoms with Gasteiger partial charge >= 0.3 is 5.97 Å². The number of benzene rings is 2. The van der Waals surface area contributed by atoms with Crippen molar-refractivity contribution in [2.45, 2.75) is 45.0 Å². The number of aliphatic carboxylic acids is 1. The van der Waals surface area contributed by atoms with Crippen LogP contribution < -0.4 is 5.32 Å². The molecule has 11 heteroatoms. The molecule has 3 aromatic heterocycles. The van der Waals surface area contributed by atoms with Crippen molar-refractivity contribution >= 4 is 39.4 Å². The number of oxazole rings is 1. The lowest BCUT2D eigenvalue weighted by Crippen LogP contribution is -2.49. The first-order chi connectivity index (χ1) is 24.7. The third-order valence-electron chi connectivity index (χ3n) is 10.6. The van der Waals surface area contributed by atoms with Crippen molar-refractivity contribution < 1.29 is 19.4 Å². The van der Waals surface area contributed by atoms with Gasteiger partial charge in [0.2, 0.25) is 5.89 Å². The quantitative estimate of drug-likeness (QED) is 0.178. The van der Waals surface area contributed by atoms with Crippen LogP contribution in [0.4, 0.5) is 5.82 Å². The first-order valence-electron chi connectivity index (χ1n) is 17.4. The summed E-state index contributed by atoms with van der Waals surface area (Å²) in [5.41, 5.74) is 6.32. The standard InChI is InChI=1S/C40H39N7O4/c1-24-6-3-4-7-32(24)33-8-5-11-40(25(33)2,45-37-35-28(9-12-42-37)15-27(18-43-35)20-46-13-10-31(48)23-46)39-44-34-16-26(14-29(17-41)36(34)51-39)19-47-21-30(22-47)38(49)50/h3-9,11-12,14-16,18,25,30-31,48H,10,13,19-23H2,1-2H3,(H,42,45)(H,49,50)/t25-,31?,40?/m1/s1. The fraction of sp³-hybridized carbons (Fsp3) is 0.325. The van der Waals surface area contributed by atoms with E-state index in [4.69, 9.17) is 19.4 Å². The average molecular weight is 682 g/mol. The van der Waals surface area contributed by atoms with E-state index in [1.54, 1.807) is 12.3 Å². The zero-order valence-electron chi connectivity index (χ0n) is 28.6. The molecule has 0 radical (unpaired) electrons. The Morgan fingerprint density at radius 1 is 1.10 bits per heavy atom. The molecule has 2 aromatic carbocycles. The number of nitrogens with one attached hydrogen (secondary N) is 1. The summed E-state index contributed by atoms with van der Waals surface area (Å²) in [4.78, 5) is 30.4. The predicted octanol–water partition coefficient (Wildman–Crippen LogP) is 5.63. The van der Waals surface area contributed by atoms with Gasteiger partial charge in [-0.05, 0) is 71.5 Å². The number of aryl methyl sites for hydroxylation is 1. The maximum Gasteiger partial charge on any atom is 0.309 e. The van der Waals surface area contributed by atoms with Crippen LogP contribution in [0.5, 0.6) is 0 Å². The molecule has 2 fully saturated rings. The van der Waals surface area contributed by atoms with Crippen LogP contribution in [-0.4, -0.2) is 73.2 Å². The monoisotopic (exact) mass is 681 g/mol. The second-order valence-corrected chi connectivity index (χ2v) is 14.1. The molecule has 0 spiro atoms. The number of nitrogens with zero attached hydrogens (tertiary/aromatic N) is 6. The molecule has 5 aromatic rings. The predicted molar refractivity (Wildman–Crippen MR) is 193 cm³/mol. The minimum Gasteiger partial charge on any atom is -0.481 e. The number of allylic oxidation sites excluding steroid dienone is 2. The Morgan fingerprint density at radius 3 is 2.69 bits per heavy atom. The van der Waals surface area contributed by atoms with Gasteiger partial charge in [0.25, 0.3) is 0 Å². The Balaban J connectivity index is 1.20. The molecule has 3 aliphatic rings. The Bertz CT molecular complexity index is 2270. The zero-order valence-corrected chi connectivity index (χ0v) is 28.6. The van der Waals surface area contributed by atoms with E-state index in [0.717, 1.165) is 46.2 Å². The Morgan fingerprint density at radius 2 is 1.92 bits per heavy atom. The minimum absolute atomic E-state index is 0.200. The lowest BCUT2D eigenvalue weighted by molar-refractivity contribution is -0.147. The number of aliphatic hydroxyl groups is 1. The van der Waals surface area contributed by atoms with Crippen molar-refractivity contribution in [2.75, 3.05) is 31.5 Å². The maximum atomic E-state index is 11.4. The zero-order chi connectivity index (χ0) is 35.3. The largest absolute Gasteiger partial charge is 0.481 e. The topological polar surface area (TPSA) is 152 Å². The number of rotatable bonds is 9. The van der Waals surface area contributed by atoms with Crippen molar-refractivity contribution in [2.24, 2.45) is 11.8 Å². The molecule has 0 amide bonds. The van der Waals surface area contributed by atoms with Crippen molar-refractivity contribution in [3.05, 3.63) is 113 Å². The van der Waals surface area contributed by atoms with Crippen LogP contribution in [0.15, 0.2) is 83.6 Å². The molecule has 258 valence electrons. The number of anilines is 1. The second-order valence-electron chi connectivity index (χ2n) is 14.1. The highest BCUT2D eigenvalue weighted by Crippen LogP contribution is 2.46. The third kappa shape index (κ3) is 6.05. The number of pyridine rings is 2. The van der Waals surface area contributed by atoms with E-state index in [-0.39, 0.29) is 17.9 Å². The minimum atomic E-state index is -1.02. The van der Waals surface area contributed by atoms with Gasteiger partial charge in [-0.2, -0.15) is 5.26 Å². The summed E-state index contributed by atoms with van der Waals surface area (Å²) in [7, 11) is 0. The molecule has 5 heterocycles. The molecule has 0 bridgehead atoms. The number of carboxylic acids is 1. The van der Waals surface area contributed by atoms with Gasteiger partial charge in [-0.3, -0.25) is 19.6 Å². The molecular formula is C40H39N7O4. The first-order valence-corrected chi connectivity index (χ1v) is 17.4. The highest BCUT2D eigenvalue weighted by atomic mass is 16.4. The van der Waals surface area contributed by atoms with Gasteiger partial charge in [-0.1, -0.05) is 43.3 Å². The van der Waals surface area contributed by atoms with E-state index in [1.807, 2.05) is 36.5 Å². The molecule has 1 aliphatic carbocycles. The van der Waals surface area contributed by atoms with E-state index < -0.39 is 11.5 Å². The Kier molecular flexibility index (Phi) is 8.38. The van der Waals surface area contributed by atoms with Crippen LogP contribution in [0.2, 0.25) is 0 Å². The average Bonchev–Trinajstić information content (AvgIpc) is 3.73. The van der Waals surface area contributed by atoms with E-state index in [9.17, 15) is 20.3 Å². The molecule has 51 heavy (non-hydrogen) atoms. The number of carboxylic acid groups (broad SMARTS) is 1. The highest BCUT2D eigenvalue weighted by Gasteiger charge is 2.45. The number of aromatic nitrogens is 3. The summed E-state index contributed by atoms with van der Waals surface area (Å²) in [6.45, 7) is 7.93. The number of β-amino-alcohol motifs (C(OH)–C–C–N with tert-alkyl or cyclic N) is 1. The van der Waals surface area contributed by atoms with Crippen LogP contribution in [0, 0.1) is 30.1 Å². The molecular weight excluding hydrogens is 642 g/mol. The fourth-order valence-corrected chi connectivity index (χ4v) is 7.77. The molecule has 3 N–H and O–H groups in total. The second kappa shape index (κ2) is 13.0. The van der Waals surface area contributed by atoms with Crippen LogP contribution >= 0.6 is 0 Å². The summed E-state index contributed by atoms with van der Waals surface area (Å²) in [5, 5.41) is 34.3. The number of nitriles is 1. The van der Waals surface area contributed by atoms with Crippen molar-refractivity contribution in [3.8, 4) is 6.07 Å². The van der Waals surface area contributed by atoms with Crippen molar-refractivity contribution in [3.63, 3.8) is 0 Å². The van der Waals surface area contributed by atoms with Gasteiger partial charge in [0.1, 0.15) is 22.6 Å². The van der Waals surface area contributed by atoms with Crippen LogP contribution in [0.25, 0.3) is 27.6 Å². The number of hydrogen-bond donors (Lipinski definition) is 3. The van der Waals surface area contributed by atoms with Crippen molar-refractivity contribution in [1.29, 1.82) is 5.26 Å². The first kappa shape index (κ1) is 32.8. The molecule has 2 unspecified atom stereocenters. The summed E-state index contributed by atoms with van der Waals surface area (Å²) in [6.07, 6.45) is 10.3. The summed E-state index contributed by atoms with van der Waals surface area (Å²) < 4.78 is 6.61. The Hall–Kier alpha value is -5.41. The van der Waals surface area contributed by atoms with Crippen LogP contribution in [0.3, 0.4) is 0 Å². The van der Waals surface area contributed by atoms with Gasteiger partial charge in [-0.15, -0.1) is 0 Å². The van der Waals surface area contributed by atoms with Gasteiger partial charge in [0.15, 0.2) is 11.4 Å². The van der Waals surface area contributed by atoms with Crippen LogP contribution in [0.1, 0.15) is 47.1 Å². The highest BCUT2D eigenvalue weighted by molar-refractivity contribution is 5.89. The molecule has 2 aliphatic heterocycles. The fourth-order valence-electron chi connectivity index (χ4n) is 7.77. The summed E-state index contributed by atoms with van der Waals surface area (Å²) in [5.74, 6) is -0.383. The van der Waals surface area contributed by atoms with Crippen molar-refractivity contribution in [1.82, 2.24) is 24.8 Å². The summed E-state index contributed by atoms with van der Waals surface area (Å²) in [6, 6.07) is 18.4. The van der Waals surface area contributed by atoms with Gasteiger partial charge in [-0.25, -0.2) is 9.97 Å². The van der Waals surface area contributed by atoms with Crippen LogP contribution in [-0.2, 0) is 23.4 Å². The van der Waals surface area contributed by atoms with Gasteiger partial charge in [0, 0.05) is 63.0 Å². The number of aliphatic hydroxyl groups excluding tert-OH is 1. The lowest BCUT2D eigenvalue weighted by atomic mass is 9.73. The number of likely N-dealkylation sites (tertiary alicyclic amines) is 2. The molecule has 0 saturated carbocycles. The SMILES string of the molecule is Cc1ccccc1C1=CC=CC(Nc2nccc3cc(CN4CCC(O)C4)cnc23)(c2nc3cc(CN4CC(C(=O)O)C4)cc(C#N)c3o2)[C@@H]1C. The molecule has 8 rings (SSSR count). The third-order valence-corrected chi connectivity index (χ3v) is 10.6. The number of fused-ring (bicyclic) bond motifs is 2. The maximum absolute atomic E-state index is 11.4. The smallest absolute Gasteiger partial charge is 0.309 e. The summed E-state index contributed by atoms with van der Waals surface area (Å²) >= 11 is 0. The van der Waals surface area contributed by atoms with Gasteiger partial charge < -0.3 is 19.9 Å². The van der Waals surface area contributed by atoms with E-state index >= 15 is 0 Å². The number of hydrogen-bond acceptors (Lipinski definition) is 10. The number of carbonyl (C=O) groups is 1. The molecule has 11 nitrogen and oxygen atoms in total. The van der Waals surface area contributed by atoms with E-state index in [1.165, 1.54) is 0 Å². The lowest BCUT2D eigenvalue weighted by Gasteiger charge is -2.39.